The number of nitrogens with zero attached hydrogens (tertiary/aromatic N) is 1. The first-order chi connectivity index (χ1) is 7.06. The lowest BCUT2D eigenvalue weighted by Crippen LogP contribution is -2.09. The molecular weight excluding hydrogens is 198 g/mol. The lowest BCUT2D eigenvalue weighted by molar-refractivity contribution is -0.0467. The van der Waals surface area contributed by atoms with E-state index in [1.165, 1.54) is 0 Å². The molecule has 2 atom stereocenters. The predicted molar refractivity (Wildman–Crippen MR) is 57.2 cm³/mol. The molecule has 0 aliphatic rings. The van der Waals surface area contributed by atoms with Gasteiger partial charge < -0.3 is 15.3 Å². The highest BCUT2D eigenvalue weighted by Gasteiger charge is 2.10. The maximum Gasteiger partial charge on any atom is 0.151 e. The third-order valence-electron chi connectivity index (χ3n) is 2.31. The van der Waals surface area contributed by atoms with E-state index in [1.807, 2.05) is 0 Å². The quantitative estimate of drug-likeness (QED) is 0.401. The summed E-state index contributed by atoms with van der Waals surface area (Å²) in [5.74, 6) is 0. The zero-order chi connectivity index (χ0) is 11.7. The summed E-state index contributed by atoms with van der Waals surface area (Å²) in [4.78, 5) is 10.4. The van der Waals surface area contributed by atoms with Crippen LogP contribution in [-0.2, 0) is 0 Å². The van der Waals surface area contributed by atoms with Crippen LogP contribution in [0, 0.1) is 4.91 Å². The van der Waals surface area contributed by atoms with E-state index in [-0.39, 0.29) is 18.6 Å². The summed E-state index contributed by atoms with van der Waals surface area (Å²) in [5.41, 5.74) is 0. The van der Waals surface area contributed by atoms with Crippen LogP contribution in [0.15, 0.2) is 5.18 Å². The van der Waals surface area contributed by atoms with Crippen molar-refractivity contribution in [2.24, 2.45) is 5.18 Å². The fourth-order valence-corrected chi connectivity index (χ4v) is 1.43. The molecule has 5 nitrogen and oxygen atoms in total. The van der Waals surface area contributed by atoms with E-state index in [0.717, 1.165) is 6.42 Å². The number of hydrogen-bond donors (Lipinski definition) is 3. The van der Waals surface area contributed by atoms with Crippen molar-refractivity contribution in [3.05, 3.63) is 4.91 Å². The molecule has 0 radical (unpaired) electrons. The fraction of sp³-hybridized carbons (Fsp3) is 1.00. The molecule has 0 amide bonds. The summed E-state index contributed by atoms with van der Waals surface area (Å²) in [7, 11) is 0. The van der Waals surface area contributed by atoms with Gasteiger partial charge in [-0.2, -0.15) is 4.91 Å². The molecule has 5 heteroatoms. The van der Waals surface area contributed by atoms with Crippen LogP contribution in [-0.4, -0.2) is 33.8 Å². The molecular formula is C10H21NO4. The third-order valence-corrected chi connectivity index (χ3v) is 2.31. The second-order valence-corrected chi connectivity index (χ2v) is 3.95. The summed E-state index contributed by atoms with van der Waals surface area (Å²) in [5, 5.41) is 29.2. The maximum atomic E-state index is 10.4. The Kier molecular flexibility index (Phi) is 8.46. The number of rotatable bonds is 9. The average Bonchev–Trinajstić information content (AvgIpc) is 2.14. The highest BCUT2D eigenvalue weighted by molar-refractivity contribution is 4.66. The second kappa shape index (κ2) is 8.76. The Balaban J connectivity index is 3.50. The molecule has 0 aliphatic carbocycles. The van der Waals surface area contributed by atoms with E-state index in [9.17, 15) is 4.91 Å². The summed E-state index contributed by atoms with van der Waals surface area (Å²) >= 11 is 0. The van der Waals surface area contributed by atoms with Gasteiger partial charge in [-0.1, -0.05) is 5.18 Å². The molecule has 0 heterocycles. The van der Waals surface area contributed by atoms with Gasteiger partial charge in [0.25, 0.3) is 0 Å². The van der Waals surface area contributed by atoms with Gasteiger partial charge in [0.1, 0.15) is 0 Å². The number of aliphatic hydroxyl groups excluding tert-OH is 2. The van der Waals surface area contributed by atoms with Gasteiger partial charge in [-0.05, 0) is 45.4 Å². The molecule has 0 rings (SSSR count). The maximum absolute atomic E-state index is 10.4. The van der Waals surface area contributed by atoms with Crippen molar-refractivity contribution in [3.63, 3.8) is 0 Å². The fourth-order valence-electron chi connectivity index (χ4n) is 1.43. The van der Waals surface area contributed by atoms with Crippen molar-refractivity contribution >= 4 is 0 Å². The Morgan fingerprint density at radius 1 is 1.00 bits per heavy atom. The Labute approximate surface area is 90.1 Å². The minimum Gasteiger partial charge on any atom is -0.393 e. The Bertz CT molecular complexity index is 148. The van der Waals surface area contributed by atoms with Gasteiger partial charge in [0.2, 0.25) is 0 Å². The van der Waals surface area contributed by atoms with Gasteiger partial charge in [-0.3, -0.25) is 0 Å². The van der Waals surface area contributed by atoms with Gasteiger partial charge >= 0.3 is 0 Å². The van der Waals surface area contributed by atoms with Crippen molar-refractivity contribution in [2.45, 2.75) is 63.9 Å². The van der Waals surface area contributed by atoms with Crippen LogP contribution < -0.4 is 0 Å². The topological polar surface area (TPSA) is 90.1 Å². The molecule has 0 aromatic heterocycles. The van der Waals surface area contributed by atoms with Gasteiger partial charge in [0.05, 0.1) is 12.1 Å². The number of nitroso groups, excluding NO2 is 1. The predicted octanol–water partition coefficient (Wildman–Crippen LogP) is 1.15. The SMILES string of the molecule is CC(O)CCCC(CCCC(O)O)N=O. The molecule has 3 N–H and O–H groups in total. The first kappa shape index (κ1) is 14.5. The molecule has 0 fully saturated rings. The summed E-state index contributed by atoms with van der Waals surface area (Å²) in [6.45, 7) is 1.71. The summed E-state index contributed by atoms with van der Waals surface area (Å²) in [6, 6.07) is -0.262. The molecule has 0 saturated heterocycles. The Hall–Kier alpha value is -0.520. The molecule has 15 heavy (non-hydrogen) atoms. The van der Waals surface area contributed by atoms with Crippen LogP contribution in [0.5, 0.6) is 0 Å². The normalized spacial score (nSPS) is 15.3. The second-order valence-electron chi connectivity index (χ2n) is 3.95. The first-order valence-electron chi connectivity index (χ1n) is 5.43. The van der Waals surface area contributed by atoms with E-state index in [0.29, 0.717) is 25.7 Å². The smallest absolute Gasteiger partial charge is 0.151 e. The minimum absolute atomic E-state index is 0.262. The van der Waals surface area contributed by atoms with Crippen molar-refractivity contribution < 1.29 is 15.3 Å². The molecule has 90 valence electrons. The van der Waals surface area contributed by atoms with Gasteiger partial charge in [0, 0.05) is 0 Å². The van der Waals surface area contributed by atoms with Crippen LogP contribution in [0.25, 0.3) is 0 Å². The molecule has 0 aromatic rings. The van der Waals surface area contributed by atoms with Crippen LogP contribution >= 0.6 is 0 Å². The zero-order valence-corrected chi connectivity index (χ0v) is 9.17. The van der Waals surface area contributed by atoms with Crippen molar-refractivity contribution in [2.75, 3.05) is 0 Å². The lowest BCUT2D eigenvalue weighted by Gasteiger charge is -2.10. The van der Waals surface area contributed by atoms with E-state index in [1.54, 1.807) is 6.92 Å². The third kappa shape index (κ3) is 9.78. The zero-order valence-electron chi connectivity index (χ0n) is 9.17. The van der Waals surface area contributed by atoms with E-state index >= 15 is 0 Å². The van der Waals surface area contributed by atoms with Gasteiger partial charge in [0.15, 0.2) is 6.29 Å². The Morgan fingerprint density at radius 2 is 1.53 bits per heavy atom. The van der Waals surface area contributed by atoms with E-state index in [2.05, 4.69) is 5.18 Å². The molecule has 0 spiro atoms. The van der Waals surface area contributed by atoms with Gasteiger partial charge in [-0.25, -0.2) is 0 Å². The number of hydrogen-bond acceptors (Lipinski definition) is 5. The van der Waals surface area contributed by atoms with Crippen LogP contribution in [0.3, 0.4) is 0 Å². The molecule has 0 aliphatic heterocycles. The molecule has 0 saturated carbocycles. The van der Waals surface area contributed by atoms with Crippen LogP contribution in [0.2, 0.25) is 0 Å². The van der Waals surface area contributed by atoms with Crippen molar-refractivity contribution in [1.29, 1.82) is 0 Å². The lowest BCUT2D eigenvalue weighted by atomic mass is 10.0. The largest absolute Gasteiger partial charge is 0.393 e. The van der Waals surface area contributed by atoms with E-state index in [4.69, 9.17) is 15.3 Å². The van der Waals surface area contributed by atoms with E-state index < -0.39 is 6.29 Å². The van der Waals surface area contributed by atoms with Crippen LogP contribution in [0.4, 0.5) is 0 Å². The van der Waals surface area contributed by atoms with Crippen molar-refractivity contribution in [1.82, 2.24) is 0 Å². The number of aliphatic hydroxyl groups is 3. The summed E-state index contributed by atoms with van der Waals surface area (Å²) in [6.07, 6.45) is 1.93. The highest BCUT2D eigenvalue weighted by Crippen LogP contribution is 2.13. The molecule has 0 bridgehead atoms. The first-order valence-corrected chi connectivity index (χ1v) is 5.43. The minimum atomic E-state index is -1.30. The molecule has 0 aromatic carbocycles. The molecule has 2 unspecified atom stereocenters. The summed E-state index contributed by atoms with van der Waals surface area (Å²) < 4.78 is 0. The van der Waals surface area contributed by atoms with Gasteiger partial charge in [-0.15, -0.1) is 0 Å². The highest BCUT2D eigenvalue weighted by atomic mass is 16.5. The Morgan fingerprint density at radius 3 is 1.93 bits per heavy atom. The van der Waals surface area contributed by atoms with Crippen LogP contribution in [0.1, 0.15) is 45.4 Å². The van der Waals surface area contributed by atoms with Crippen molar-refractivity contribution in [3.8, 4) is 0 Å². The average molecular weight is 219 g/mol. The standard InChI is InChI=1S/C10H21NO4/c1-8(12)4-2-5-9(11-15)6-3-7-10(13)14/h8-10,12-14H,2-7H2,1H3. The monoisotopic (exact) mass is 219 g/mol.